The van der Waals surface area contributed by atoms with E-state index in [1.54, 1.807) is 24.3 Å². The van der Waals surface area contributed by atoms with Crippen molar-refractivity contribution < 1.29 is 9.59 Å². The predicted molar refractivity (Wildman–Crippen MR) is 126 cm³/mol. The van der Waals surface area contributed by atoms with Crippen LogP contribution >= 0.6 is 0 Å². The first-order chi connectivity index (χ1) is 14.9. The molecule has 0 aliphatic carbocycles. The molecule has 1 aliphatic heterocycles. The Balaban J connectivity index is 1.59. The molecule has 2 amide bonds. The maximum atomic E-state index is 12.8. The van der Waals surface area contributed by atoms with E-state index in [-0.39, 0.29) is 17.9 Å². The summed E-state index contributed by atoms with van der Waals surface area (Å²) in [5.74, 6) is -0.0744. The highest BCUT2D eigenvalue weighted by Crippen LogP contribution is 2.20. The van der Waals surface area contributed by atoms with Crippen LogP contribution in [-0.4, -0.2) is 46.8 Å². The van der Waals surface area contributed by atoms with Crippen LogP contribution in [0.15, 0.2) is 48.5 Å². The number of carbonyl (C=O) groups excluding carboxylic acids is 2. The molecule has 1 heterocycles. The number of carbonyl (C=O) groups is 2. The van der Waals surface area contributed by atoms with Crippen LogP contribution in [0.5, 0.6) is 0 Å². The average Bonchev–Trinajstić information content (AvgIpc) is 2.78. The van der Waals surface area contributed by atoms with Crippen LogP contribution in [-0.2, 0) is 6.54 Å². The van der Waals surface area contributed by atoms with Gasteiger partial charge in [0.2, 0.25) is 0 Å². The van der Waals surface area contributed by atoms with Crippen molar-refractivity contribution in [2.45, 2.75) is 65.6 Å². The second kappa shape index (κ2) is 10.6. The van der Waals surface area contributed by atoms with E-state index in [1.807, 2.05) is 29.2 Å². The number of nitrogens with one attached hydrogen (secondary N) is 1. The third kappa shape index (κ3) is 5.95. The standard InChI is InChI=1S/C26H35N3O2/c1-5-28(19(2)3)18-21-9-11-22(12-10-21)25(30)27-24-15-13-23(14-16-24)26(31)29-17-7-6-8-20(29)4/h9-16,19-20H,5-8,17-18H2,1-4H3,(H,27,30). The Hall–Kier alpha value is -2.66. The van der Waals surface area contributed by atoms with Gasteiger partial charge in [-0.15, -0.1) is 0 Å². The number of nitrogens with zero attached hydrogens (tertiary/aromatic N) is 2. The number of hydrogen-bond donors (Lipinski definition) is 1. The van der Waals surface area contributed by atoms with Gasteiger partial charge in [0.15, 0.2) is 0 Å². The summed E-state index contributed by atoms with van der Waals surface area (Å²) in [5.41, 5.74) is 3.18. The monoisotopic (exact) mass is 421 g/mol. The highest BCUT2D eigenvalue weighted by Gasteiger charge is 2.24. The third-order valence-corrected chi connectivity index (χ3v) is 6.19. The summed E-state index contributed by atoms with van der Waals surface area (Å²) >= 11 is 0. The van der Waals surface area contributed by atoms with Gasteiger partial charge in [0.25, 0.3) is 11.8 Å². The van der Waals surface area contributed by atoms with E-state index in [0.717, 1.165) is 32.5 Å². The SMILES string of the molecule is CCN(Cc1ccc(C(=O)Nc2ccc(C(=O)N3CCCCC3C)cc2)cc1)C(C)C. The van der Waals surface area contributed by atoms with Gasteiger partial charge in [-0.05, 0) is 88.5 Å². The second-order valence-corrected chi connectivity index (χ2v) is 8.73. The fourth-order valence-electron chi connectivity index (χ4n) is 4.12. The molecule has 0 radical (unpaired) electrons. The first kappa shape index (κ1) is 23.0. The first-order valence-corrected chi connectivity index (χ1v) is 11.4. The normalized spacial score (nSPS) is 16.6. The van der Waals surface area contributed by atoms with Gasteiger partial charge in [-0.2, -0.15) is 0 Å². The number of anilines is 1. The zero-order valence-electron chi connectivity index (χ0n) is 19.2. The highest BCUT2D eigenvalue weighted by atomic mass is 16.2. The van der Waals surface area contributed by atoms with Crippen LogP contribution in [0.25, 0.3) is 0 Å². The summed E-state index contributed by atoms with van der Waals surface area (Å²) in [6.45, 7) is 11.3. The number of benzene rings is 2. The molecule has 1 aliphatic rings. The number of amides is 2. The second-order valence-electron chi connectivity index (χ2n) is 8.73. The minimum absolute atomic E-state index is 0.0724. The van der Waals surface area contributed by atoms with E-state index in [0.29, 0.717) is 22.9 Å². The van der Waals surface area contributed by atoms with Crippen molar-refractivity contribution in [2.24, 2.45) is 0 Å². The molecule has 0 aromatic heterocycles. The average molecular weight is 422 g/mol. The van der Waals surface area contributed by atoms with E-state index in [1.165, 1.54) is 12.0 Å². The van der Waals surface area contributed by atoms with E-state index in [4.69, 9.17) is 0 Å². The molecule has 0 spiro atoms. The van der Waals surface area contributed by atoms with E-state index in [2.05, 4.69) is 37.9 Å². The molecule has 0 saturated carbocycles. The summed E-state index contributed by atoms with van der Waals surface area (Å²) in [6.07, 6.45) is 3.31. The van der Waals surface area contributed by atoms with Gasteiger partial charge in [-0.3, -0.25) is 14.5 Å². The Morgan fingerprint density at radius 1 is 1.03 bits per heavy atom. The Bertz CT molecular complexity index is 875. The van der Waals surface area contributed by atoms with Gasteiger partial charge in [0, 0.05) is 42.0 Å². The van der Waals surface area contributed by atoms with Crippen molar-refractivity contribution in [3.8, 4) is 0 Å². The lowest BCUT2D eigenvalue weighted by atomic mass is 10.0. The van der Waals surface area contributed by atoms with Crippen molar-refractivity contribution in [3.63, 3.8) is 0 Å². The fourth-order valence-corrected chi connectivity index (χ4v) is 4.12. The van der Waals surface area contributed by atoms with Crippen LogP contribution in [0.3, 0.4) is 0 Å². The lowest BCUT2D eigenvalue weighted by molar-refractivity contribution is 0.0635. The van der Waals surface area contributed by atoms with Crippen LogP contribution in [0.1, 0.15) is 73.2 Å². The predicted octanol–water partition coefficient (Wildman–Crippen LogP) is 5.18. The molecule has 1 atom stereocenters. The number of hydrogen-bond acceptors (Lipinski definition) is 3. The zero-order chi connectivity index (χ0) is 22.4. The van der Waals surface area contributed by atoms with Gasteiger partial charge < -0.3 is 10.2 Å². The Kier molecular flexibility index (Phi) is 7.85. The first-order valence-electron chi connectivity index (χ1n) is 11.4. The third-order valence-electron chi connectivity index (χ3n) is 6.19. The van der Waals surface area contributed by atoms with Crippen molar-refractivity contribution in [3.05, 3.63) is 65.2 Å². The van der Waals surface area contributed by atoms with Gasteiger partial charge in [0.1, 0.15) is 0 Å². The van der Waals surface area contributed by atoms with Gasteiger partial charge in [-0.1, -0.05) is 19.1 Å². The quantitative estimate of drug-likeness (QED) is 0.670. The Labute approximate surface area is 186 Å². The molecule has 5 nitrogen and oxygen atoms in total. The van der Waals surface area contributed by atoms with Crippen molar-refractivity contribution in [1.29, 1.82) is 0 Å². The molecule has 3 rings (SSSR count). The maximum absolute atomic E-state index is 12.8. The zero-order valence-corrected chi connectivity index (χ0v) is 19.2. The summed E-state index contributed by atoms with van der Waals surface area (Å²) in [5, 5.41) is 2.93. The molecule has 166 valence electrons. The Morgan fingerprint density at radius 3 is 2.26 bits per heavy atom. The summed E-state index contributed by atoms with van der Waals surface area (Å²) < 4.78 is 0. The van der Waals surface area contributed by atoms with Crippen LogP contribution in [0, 0.1) is 0 Å². The lowest BCUT2D eigenvalue weighted by Crippen LogP contribution is -2.42. The van der Waals surface area contributed by atoms with Gasteiger partial charge in [0.05, 0.1) is 0 Å². The maximum Gasteiger partial charge on any atom is 0.255 e. The van der Waals surface area contributed by atoms with Gasteiger partial charge >= 0.3 is 0 Å². The van der Waals surface area contributed by atoms with E-state index >= 15 is 0 Å². The molecule has 2 aromatic rings. The van der Waals surface area contributed by atoms with E-state index < -0.39 is 0 Å². The number of piperidine rings is 1. The molecular formula is C26H35N3O2. The lowest BCUT2D eigenvalue weighted by Gasteiger charge is -2.33. The van der Waals surface area contributed by atoms with Crippen molar-refractivity contribution in [2.75, 3.05) is 18.4 Å². The topological polar surface area (TPSA) is 52.7 Å². The molecule has 1 N–H and O–H groups in total. The van der Waals surface area contributed by atoms with Crippen LogP contribution < -0.4 is 5.32 Å². The molecular weight excluding hydrogens is 386 g/mol. The van der Waals surface area contributed by atoms with E-state index in [9.17, 15) is 9.59 Å². The molecule has 1 saturated heterocycles. The largest absolute Gasteiger partial charge is 0.336 e. The fraction of sp³-hybridized carbons (Fsp3) is 0.462. The number of likely N-dealkylation sites (tertiary alicyclic amines) is 1. The molecule has 31 heavy (non-hydrogen) atoms. The molecule has 2 aromatic carbocycles. The molecule has 0 bridgehead atoms. The molecule has 1 unspecified atom stereocenters. The van der Waals surface area contributed by atoms with Crippen LogP contribution in [0.4, 0.5) is 5.69 Å². The molecule has 5 heteroatoms. The van der Waals surface area contributed by atoms with Gasteiger partial charge in [-0.25, -0.2) is 0 Å². The minimum atomic E-state index is -0.147. The Morgan fingerprint density at radius 2 is 1.68 bits per heavy atom. The minimum Gasteiger partial charge on any atom is -0.336 e. The summed E-state index contributed by atoms with van der Waals surface area (Å²) in [6, 6.07) is 15.7. The summed E-state index contributed by atoms with van der Waals surface area (Å²) in [4.78, 5) is 29.7. The number of rotatable bonds is 7. The van der Waals surface area contributed by atoms with Crippen molar-refractivity contribution >= 4 is 17.5 Å². The summed E-state index contributed by atoms with van der Waals surface area (Å²) in [7, 11) is 0. The molecule has 1 fully saturated rings. The van der Waals surface area contributed by atoms with Crippen LogP contribution in [0.2, 0.25) is 0 Å². The van der Waals surface area contributed by atoms with Crippen molar-refractivity contribution in [1.82, 2.24) is 9.80 Å². The highest BCUT2D eigenvalue weighted by molar-refractivity contribution is 6.04. The smallest absolute Gasteiger partial charge is 0.255 e.